The van der Waals surface area contributed by atoms with E-state index in [1.165, 1.54) is 5.56 Å². The summed E-state index contributed by atoms with van der Waals surface area (Å²) in [7, 11) is 1.76. The predicted molar refractivity (Wildman–Crippen MR) is 67.8 cm³/mol. The van der Waals surface area contributed by atoms with Gasteiger partial charge in [-0.25, -0.2) is 0 Å². The molecule has 3 nitrogen and oxygen atoms in total. The van der Waals surface area contributed by atoms with Crippen LogP contribution < -0.4 is 10.6 Å². The van der Waals surface area contributed by atoms with Crippen LogP contribution in [0.15, 0.2) is 18.2 Å². The third-order valence-corrected chi connectivity index (χ3v) is 2.54. The summed E-state index contributed by atoms with van der Waals surface area (Å²) in [6.45, 7) is 6.62. The molecule has 1 rings (SSSR count). The molecule has 0 unspecified atom stereocenters. The van der Waals surface area contributed by atoms with E-state index in [0.29, 0.717) is 12.5 Å². The van der Waals surface area contributed by atoms with Crippen LogP contribution in [0.1, 0.15) is 30.9 Å². The van der Waals surface area contributed by atoms with Gasteiger partial charge in [-0.2, -0.15) is 0 Å². The number of benzene rings is 1. The third kappa shape index (κ3) is 3.35. The normalized spacial score (nSPS) is 10.6. The van der Waals surface area contributed by atoms with Crippen LogP contribution in [0, 0.1) is 6.92 Å². The maximum Gasteiger partial charge on any atom is 0.238 e. The smallest absolute Gasteiger partial charge is 0.238 e. The number of aryl methyl sites for hydroxylation is 1. The molecule has 2 N–H and O–H groups in total. The summed E-state index contributed by atoms with van der Waals surface area (Å²) in [5.41, 5.74) is 3.24. The maximum absolute atomic E-state index is 11.5. The van der Waals surface area contributed by atoms with Crippen molar-refractivity contribution < 1.29 is 4.79 Å². The Morgan fingerprint density at radius 2 is 2.06 bits per heavy atom. The Morgan fingerprint density at radius 1 is 1.38 bits per heavy atom. The number of rotatable bonds is 4. The zero-order chi connectivity index (χ0) is 12.1. The van der Waals surface area contributed by atoms with E-state index in [-0.39, 0.29) is 5.91 Å². The minimum atomic E-state index is -0.00786. The molecule has 16 heavy (non-hydrogen) atoms. The van der Waals surface area contributed by atoms with Gasteiger partial charge in [0.2, 0.25) is 5.91 Å². The fourth-order valence-corrected chi connectivity index (χ4v) is 1.49. The molecule has 88 valence electrons. The highest BCUT2D eigenvalue weighted by Gasteiger charge is 2.06. The highest BCUT2D eigenvalue weighted by Crippen LogP contribution is 2.22. The van der Waals surface area contributed by atoms with Crippen molar-refractivity contribution in [1.82, 2.24) is 5.32 Å². The van der Waals surface area contributed by atoms with Crippen LogP contribution in [0.2, 0.25) is 0 Å². The van der Waals surface area contributed by atoms with Gasteiger partial charge in [-0.3, -0.25) is 4.79 Å². The summed E-state index contributed by atoms with van der Waals surface area (Å²) in [5, 5.41) is 5.74. The average Bonchev–Trinajstić information content (AvgIpc) is 2.21. The molecule has 0 atom stereocenters. The molecular formula is C13H20N2O. The zero-order valence-electron chi connectivity index (χ0n) is 10.4. The van der Waals surface area contributed by atoms with E-state index in [4.69, 9.17) is 0 Å². The Bertz CT molecular complexity index is 372. The van der Waals surface area contributed by atoms with Crippen molar-refractivity contribution in [3.05, 3.63) is 29.3 Å². The van der Waals surface area contributed by atoms with Crippen molar-refractivity contribution in [3.63, 3.8) is 0 Å². The van der Waals surface area contributed by atoms with Crippen LogP contribution in [-0.4, -0.2) is 19.5 Å². The molecule has 0 aliphatic rings. The maximum atomic E-state index is 11.5. The van der Waals surface area contributed by atoms with Crippen molar-refractivity contribution in [2.24, 2.45) is 0 Å². The van der Waals surface area contributed by atoms with Crippen molar-refractivity contribution in [1.29, 1.82) is 0 Å². The molecule has 0 aromatic heterocycles. The lowest BCUT2D eigenvalue weighted by molar-refractivity contribution is -0.115. The predicted octanol–water partition coefficient (Wildman–Crippen LogP) is 2.28. The van der Waals surface area contributed by atoms with E-state index in [1.807, 2.05) is 19.1 Å². The van der Waals surface area contributed by atoms with Crippen molar-refractivity contribution in [2.75, 3.05) is 18.9 Å². The monoisotopic (exact) mass is 220 g/mol. The minimum absolute atomic E-state index is 0.00786. The van der Waals surface area contributed by atoms with Gasteiger partial charge >= 0.3 is 0 Å². The number of hydrogen-bond donors (Lipinski definition) is 2. The first-order valence-corrected chi connectivity index (χ1v) is 5.59. The van der Waals surface area contributed by atoms with Gasteiger partial charge in [-0.15, -0.1) is 0 Å². The number of amides is 1. The molecule has 3 heteroatoms. The molecule has 0 aliphatic carbocycles. The highest BCUT2D eigenvalue weighted by atomic mass is 16.1. The number of nitrogens with one attached hydrogen (secondary N) is 2. The molecular weight excluding hydrogens is 200 g/mol. The summed E-state index contributed by atoms with van der Waals surface area (Å²) >= 11 is 0. The number of carbonyl (C=O) groups is 1. The molecule has 0 bridgehead atoms. The quantitative estimate of drug-likeness (QED) is 0.817. The molecule has 0 saturated heterocycles. The molecule has 0 heterocycles. The molecule has 1 amide bonds. The second kappa shape index (κ2) is 5.66. The number of likely N-dealkylation sites (N-methyl/N-ethyl adjacent to an activating group) is 1. The molecule has 1 aromatic carbocycles. The lowest BCUT2D eigenvalue weighted by Crippen LogP contribution is -2.25. The van der Waals surface area contributed by atoms with Crippen LogP contribution in [0.3, 0.4) is 0 Å². The molecule has 0 spiro atoms. The van der Waals surface area contributed by atoms with Crippen LogP contribution in [0.25, 0.3) is 0 Å². The van der Waals surface area contributed by atoms with Crippen molar-refractivity contribution >= 4 is 11.6 Å². The zero-order valence-corrected chi connectivity index (χ0v) is 10.4. The molecule has 0 fully saturated rings. The summed E-state index contributed by atoms with van der Waals surface area (Å²) in [5.74, 6) is 0.465. The van der Waals surface area contributed by atoms with Crippen LogP contribution in [-0.2, 0) is 4.79 Å². The molecule has 1 aromatic rings. The molecule has 0 saturated carbocycles. The lowest BCUT2D eigenvalue weighted by atomic mass is 10.0. The fraction of sp³-hybridized carbons (Fsp3) is 0.462. The first-order chi connectivity index (χ1) is 7.54. The summed E-state index contributed by atoms with van der Waals surface area (Å²) in [6.07, 6.45) is 0. The van der Waals surface area contributed by atoms with Crippen LogP contribution in [0.4, 0.5) is 5.69 Å². The van der Waals surface area contributed by atoms with Gasteiger partial charge < -0.3 is 10.6 Å². The van der Waals surface area contributed by atoms with E-state index in [9.17, 15) is 4.79 Å². The Hall–Kier alpha value is -1.35. The van der Waals surface area contributed by atoms with Gasteiger partial charge in [0.25, 0.3) is 0 Å². The Kier molecular flexibility index (Phi) is 4.50. The average molecular weight is 220 g/mol. The second-order valence-electron chi connectivity index (χ2n) is 4.31. The second-order valence-corrected chi connectivity index (χ2v) is 4.31. The topological polar surface area (TPSA) is 41.1 Å². The van der Waals surface area contributed by atoms with Gasteiger partial charge in [-0.1, -0.05) is 26.0 Å². The van der Waals surface area contributed by atoms with E-state index in [0.717, 1.165) is 11.3 Å². The third-order valence-electron chi connectivity index (χ3n) is 2.54. The van der Waals surface area contributed by atoms with Gasteiger partial charge in [0.1, 0.15) is 0 Å². The van der Waals surface area contributed by atoms with Gasteiger partial charge in [0, 0.05) is 5.69 Å². The van der Waals surface area contributed by atoms with Crippen molar-refractivity contribution in [2.45, 2.75) is 26.7 Å². The van der Waals surface area contributed by atoms with Crippen LogP contribution in [0.5, 0.6) is 0 Å². The van der Waals surface area contributed by atoms with E-state index < -0.39 is 0 Å². The van der Waals surface area contributed by atoms with Gasteiger partial charge in [0.15, 0.2) is 0 Å². The minimum Gasteiger partial charge on any atom is -0.325 e. The Labute approximate surface area is 97.2 Å². The Balaban J connectivity index is 2.86. The molecule has 0 aliphatic heterocycles. The summed E-state index contributed by atoms with van der Waals surface area (Å²) in [6, 6.07) is 6.20. The van der Waals surface area contributed by atoms with Crippen molar-refractivity contribution in [3.8, 4) is 0 Å². The summed E-state index contributed by atoms with van der Waals surface area (Å²) in [4.78, 5) is 11.5. The lowest BCUT2D eigenvalue weighted by Gasteiger charge is -2.12. The Morgan fingerprint density at radius 3 is 2.62 bits per heavy atom. The standard InChI is InChI=1S/C13H20N2O/c1-9(2)11-6-5-10(3)12(7-11)15-13(16)8-14-4/h5-7,9,14H,8H2,1-4H3,(H,15,16). The van der Waals surface area contributed by atoms with Gasteiger partial charge in [-0.05, 0) is 37.1 Å². The largest absolute Gasteiger partial charge is 0.325 e. The SMILES string of the molecule is CNCC(=O)Nc1cc(C(C)C)ccc1C. The summed E-state index contributed by atoms with van der Waals surface area (Å²) < 4.78 is 0. The molecule has 0 radical (unpaired) electrons. The first-order valence-electron chi connectivity index (χ1n) is 5.59. The van der Waals surface area contributed by atoms with E-state index >= 15 is 0 Å². The van der Waals surface area contributed by atoms with Gasteiger partial charge in [0.05, 0.1) is 6.54 Å². The van der Waals surface area contributed by atoms with Crippen LogP contribution >= 0.6 is 0 Å². The first kappa shape index (κ1) is 12.7. The van der Waals surface area contributed by atoms with E-state index in [2.05, 4.69) is 30.5 Å². The number of carbonyl (C=O) groups excluding carboxylic acids is 1. The number of hydrogen-bond acceptors (Lipinski definition) is 2. The van der Waals surface area contributed by atoms with E-state index in [1.54, 1.807) is 7.05 Å². The number of anilines is 1. The highest BCUT2D eigenvalue weighted by molar-refractivity contribution is 5.93. The fourth-order valence-electron chi connectivity index (χ4n) is 1.49.